The van der Waals surface area contributed by atoms with Crippen LogP contribution in [0.5, 0.6) is 0 Å². The van der Waals surface area contributed by atoms with E-state index in [1.54, 1.807) is 0 Å². The molecule has 2 heteroatoms. The quantitative estimate of drug-likeness (QED) is 0.473. The molecule has 0 heterocycles. The minimum Gasteiger partial charge on any atom is -0.462 e. The molecule has 2 bridgehead atoms. The second kappa shape index (κ2) is 2.85. The number of hydrogen-bond donors (Lipinski definition) is 0. The molecule has 0 spiro atoms. The highest BCUT2D eigenvalue weighted by atomic mass is 16.5. The van der Waals surface area contributed by atoms with Gasteiger partial charge in [0.25, 0.3) is 0 Å². The summed E-state index contributed by atoms with van der Waals surface area (Å²) in [5.41, 5.74) is 1.53. The first-order valence-corrected chi connectivity index (χ1v) is 5.29. The number of fused-ring (bicyclic) bond motifs is 2. The van der Waals surface area contributed by atoms with Crippen molar-refractivity contribution in [3.63, 3.8) is 0 Å². The lowest BCUT2D eigenvalue weighted by molar-refractivity contribution is -0.148. The summed E-state index contributed by atoms with van der Waals surface area (Å²) in [5.74, 6) is 0.913. The number of carbonyl (C=O) groups is 1. The van der Waals surface area contributed by atoms with Crippen molar-refractivity contribution >= 4 is 5.97 Å². The second-order valence-corrected chi connectivity index (χ2v) is 5.17. The summed E-state index contributed by atoms with van der Waals surface area (Å²) in [7, 11) is 0. The van der Waals surface area contributed by atoms with Gasteiger partial charge in [-0.15, -0.1) is 0 Å². The molecule has 0 N–H and O–H groups in total. The van der Waals surface area contributed by atoms with Crippen molar-refractivity contribution in [2.45, 2.75) is 39.7 Å². The third kappa shape index (κ3) is 1.20. The van der Waals surface area contributed by atoms with Crippen molar-refractivity contribution in [2.75, 3.05) is 0 Å². The predicted octanol–water partition coefficient (Wildman–Crippen LogP) is 2.54. The Labute approximate surface area is 85.3 Å². The normalized spacial score (nSPS) is 38.8. The average molecular weight is 194 g/mol. The molecule has 2 rings (SSSR count). The molecule has 2 aliphatic carbocycles. The number of rotatable bonds is 1. The molecule has 78 valence electrons. The van der Waals surface area contributed by atoms with Gasteiger partial charge in [-0.2, -0.15) is 0 Å². The van der Waals surface area contributed by atoms with E-state index in [4.69, 9.17) is 4.74 Å². The summed E-state index contributed by atoms with van der Waals surface area (Å²) in [4.78, 5) is 10.9. The Morgan fingerprint density at radius 1 is 1.50 bits per heavy atom. The zero-order valence-corrected chi connectivity index (χ0v) is 9.17. The monoisotopic (exact) mass is 194 g/mol. The van der Waals surface area contributed by atoms with E-state index in [2.05, 4.69) is 20.4 Å². The van der Waals surface area contributed by atoms with Crippen molar-refractivity contribution in [3.8, 4) is 0 Å². The van der Waals surface area contributed by atoms with Gasteiger partial charge in [0, 0.05) is 12.8 Å². The number of carbonyl (C=O) groups excluding carboxylic acids is 1. The van der Waals surface area contributed by atoms with Gasteiger partial charge >= 0.3 is 5.97 Å². The smallest absolute Gasteiger partial charge is 0.302 e. The van der Waals surface area contributed by atoms with Crippen LogP contribution in [-0.4, -0.2) is 12.1 Å². The standard InChI is InChI=1S/C12H18O2/c1-7-10-5-9(12(7,3)4)6-11(10)14-8(2)13/h9-11H,1,5-6H2,2-4H3. The zero-order chi connectivity index (χ0) is 10.5. The largest absolute Gasteiger partial charge is 0.462 e. The first kappa shape index (κ1) is 9.75. The first-order chi connectivity index (χ1) is 6.43. The lowest BCUT2D eigenvalue weighted by Crippen LogP contribution is -2.32. The van der Waals surface area contributed by atoms with E-state index in [1.807, 2.05) is 0 Å². The Morgan fingerprint density at radius 3 is 2.57 bits per heavy atom. The minimum atomic E-state index is -0.159. The van der Waals surface area contributed by atoms with Crippen molar-refractivity contribution in [1.29, 1.82) is 0 Å². The van der Waals surface area contributed by atoms with Crippen LogP contribution in [0.15, 0.2) is 12.2 Å². The summed E-state index contributed by atoms with van der Waals surface area (Å²) >= 11 is 0. The number of hydrogen-bond acceptors (Lipinski definition) is 2. The van der Waals surface area contributed by atoms with Gasteiger partial charge in [0.05, 0.1) is 0 Å². The summed E-state index contributed by atoms with van der Waals surface area (Å²) in [6.45, 7) is 10.1. The minimum absolute atomic E-state index is 0.109. The fourth-order valence-electron chi connectivity index (χ4n) is 3.04. The molecular formula is C12H18O2. The molecule has 0 amide bonds. The van der Waals surface area contributed by atoms with Gasteiger partial charge in [0.2, 0.25) is 0 Å². The molecular weight excluding hydrogens is 176 g/mol. The van der Waals surface area contributed by atoms with Gasteiger partial charge in [-0.05, 0) is 24.2 Å². The maximum atomic E-state index is 10.9. The SMILES string of the molecule is C=C1C2CC(CC2OC(C)=O)C1(C)C. The second-order valence-electron chi connectivity index (χ2n) is 5.17. The molecule has 2 aliphatic rings. The number of esters is 1. The molecule has 3 unspecified atom stereocenters. The van der Waals surface area contributed by atoms with Crippen LogP contribution >= 0.6 is 0 Å². The van der Waals surface area contributed by atoms with Crippen LogP contribution in [0, 0.1) is 17.3 Å². The van der Waals surface area contributed by atoms with Gasteiger partial charge in [-0.3, -0.25) is 4.79 Å². The lowest BCUT2D eigenvalue weighted by Gasteiger charge is -2.35. The highest BCUT2D eigenvalue weighted by Gasteiger charge is 2.53. The molecule has 14 heavy (non-hydrogen) atoms. The molecule has 0 radical (unpaired) electrons. The molecule has 2 saturated carbocycles. The average Bonchev–Trinajstić information content (AvgIpc) is 2.52. The number of ether oxygens (including phenoxy) is 1. The Morgan fingerprint density at radius 2 is 2.14 bits per heavy atom. The van der Waals surface area contributed by atoms with E-state index >= 15 is 0 Å². The Kier molecular flexibility index (Phi) is 1.98. The molecule has 0 aromatic rings. The van der Waals surface area contributed by atoms with E-state index in [9.17, 15) is 4.79 Å². The summed E-state index contributed by atoms with van der Waals surface area (Å²) in [6, 6.07) is 0. The third-order valence-electron chi connectivity index (χ3n) is 4.12. The molecule has 0 aliphatic heterocycles. The van der Waals surface area contributed by atoms with Crippen LogP contribution in [0.4, 0.5) is 0 Å². The summed E-state index contributed by atoms with van der Waals surface area (Å²) in [6.07, 6.45) is 2.29. The predicted molar refractivity (Wildman–Crippen MR) is 54.7 cm³/mol. The fourth-order valence-corrected chi connectivity index (χ4v) is 3.04. The fraction of sp³-hybridized carbons (Fsp3) is 0.750. The summed E-state index contributed by atoms with van der Waals surface area (Å²) in [5, 5.41) is 0. The van der Waals surface area contributed by atoms with Gasteiger partial charge in [0.1, 0.15) is 6.10 Å². The van der Waals surface area contributed by atoms with Gasteiger partial charge in [0.15, 0.2) is 0 Å². The maximum absolute atomic E-state index is 10.9. The van der Waals surface area contributed by atoms with Crippen LogP contribution in [0.1, 0.15) is 33.6 Å². The maximum Gasteiger partial charge on any atom is 0.302 e. The van der Waals surface area contributed by atoms with Crippen LogP contribution in [0.3, 0.4) is 0 Å². The van der Waals surface area contributed by atoms with Crippen molar-refractivity contribution < 1.29 is 9.53 Å². The molecule has 0 aromatic carbocycles. The van der Waals surface area contributed by atoms with Gasteiger partial charge < -0.3 is 4.74 Å². The Hall–Kier alpha value is -0.790. The van der Waals surface area contributed by atoms with E-state index in [-0.39, 0.29) is 17.5 Å². The van der Waals surface area contributed by atoms with Crippen LogP contribution < -0.4 is 0 Å². The highest BCUT2D eigenvalue weighted by Crippen LogP contribution is 2.59. The van der Waals surface area contributed by atoms with Gasteiger partial charge in [-0.1, -0.05) is 26.0 Å². The molecule has 2 fully saturated rings. The van der Waals surface area contributed by atoms with E-state index < -0.39 is 0 Å². The first-order valence-electron chi connectivity index (χ1n) is 5.29. The van der Waals surface area contributed by atoms with Crippen molar-refractivity contribution in [1.82, 2.24) is 0 Å². The van der Waals surface area contributed by atoms with E-state index in [1.165, 1.54) is 12.5 Å². The van der Waals surface area contributed by atoms with E-state index in [0.717, 1.165) is 12.8 Å². The third-order valence-corrected chi connectivity index (χ3v) is 4.12. The Bertz CT molecular complexity index is 291. The van der Waals surface area contributed by atoms with Crippen LogP contribution in [0.2, 0.25) is 0 Å². The molecule has 0 saturated heterocycles. The molecule has 2 nitrogen and oxygen atoms in total. The Balaban J connectivity index is 2.13. The van der Waals surface area contributed by atoms with Crippen molar-refractivity contribution in [2.24, 2.45) is 17.3 Å². The van der Waals surface area contributed by atoms with Crippen LogP contribution in [-0.2, 0) is 9.53 Å². The molecule has 0 aromatic heterocycles. The van der Waals surface area contributed by atoms with E-state index in [0.29, 0.717) is 11.8 Å². The van der Waals surface area contributed by atoms with Crippen molar-refractivity contribution in [3.05, 3.63) is 12.2 Å². The van der Waals surface area contributed by atoms with Crippen LogP contribution in [0.25, 0.3) is 0 Å². The topological polar surface area (TPSA) is 26.3 Å². The summed E-state index contributed by atoms with van der Waals surface area (Å²) < 4.78 is 5.31. The highest BCUT2D eigenvalue weighted by molar-refractivity contribution is 5.66. The lowest BCUT2D eigenvalue weighted by atomic mass is 9.72. The van der Waals surface area contributed by atoms with Gasteiger partial charge in [-0.25, -0.2) is 0 Å². The molecule has 3 atom stereocenters. The zero-order valence-electron chi connectivity index (χ0n) is 9.17.